The van der Waals surface area contributed by atoms with Crippen LogP contribution in [0.1, 0.15) is 25.0 Å². The molecule has 1 N–H and O–H groups in total. The minimum atomic E-state index is -0.100. The van der Waals surface area contributed by atoms with Gasteiger partial charge in [-0.25, -0.2) is 0 Å². The first-order chi connectivity index (χ1) is 9.23. The van der Waals surface area contributed by atoms with Gasteiger partial charge in [0, 0.05) is 5.69 Å². The predicted octanol–water partition coefficient (Wildman–Crippen LogP) is 4.83. The van der Waals surface area contributed by atoms with Gasteiger partial charge in [0.1, 0.15) is 4.49 Å². The first-order valence-corrected chi connectivity index (χ1v) is 7.40. The van der Waals surface area contributed by atoms with Crippen LogP contribution < -0.4 is 5.32 Å². The average Bonchev–Trinajstić information content (AvgIpc) is 2.84. The van der Waals surface area contributed by atoms with Crippen molar-refractivity contribution >= 4 is 34.8 Å². The van der Waals surface area contributed by atoms with E-state index in [4.69, 9.17) is 23.2 Å². The van der Waals surface area contributed by atoms with Crippen molar-refractivity contribution in [2.24, 2.45) is 17.3 Å². The second-order valence-electron chi connectivity index (χ2n) is 6.09. The topological polar surface area (TPSA) is 29.1 Å². The van der Waals surface area contributed by atoms with Gasteiger partial charge in [-0.1, -0.05) is 49.2 Å². The largest absolute Gasteiger partial charge is 0.326 e. The summed E-state index contributed by atoms with van der Waals surface area (Å²) in [6.45, 7) is 8.10. The van der Waals surface area contributed by atoms with E-state index in [1.807, 2.05) is 32.0 Å². The normalized spacial score (nSPS) is 23.1. The number of rotatable bonds is 3. The first-order valence-electron chi connectivity index (χ1n) is 6.64. The van der Waals surface area contributed by atoms with E-state index < -0.39 is 0 Å². The molecule has 0 aliphatic heterocycles. The fourth-order valence-electron chi connectivity index (χ4n) is 2.71. The molecule has 108 valence electrons. The van der Waals surface area contributed by atoms with Crippen molar-refractivity contribution in [1.82, 2.24) is 0 Å². The molecule has 0 heterocycles. The molecule has 1 saturated carbocycles. The predicted molar refractivity (Wildman–Crippen MR) is 85.1 cm³/mol. The molecule has 0 spiro atoms. The molecule has 0 bridgehead atoms. The van der Waals surface area contributed by atoms with Crippen LogP contribution in [0.4, 0.5) is 5.69 Å². The Bertz CT molecular complexity index is 574. The lowest BCUT2D eigenvalue weighted by Crippen LogP contribution is -2.17. The third kappa shape index (κ3) is 3.02. The highest BCUT2D eigenvalue weighted by atomic mass is 35.5. The number of hydrogen-bond acceptors (Lipinski definition) is 1. The second kappa shape index (κ2) is 5.42. The van der Waals surface area contributed by atoms with Gasteiger partial charge in [-0.3, -0.25) is 4.79 Å². The number of benzene rings is 1. The van der Waals surface area contributed by atoms with E-state index in [9.17, 15) is 4.79 Å². The molecule has 1 fully saturated rings. The number of allylic oxidation sites excluding steroid dienone is 1. The summed E-state index contributed by atoms with van der Waals surface area (Å²) in [6, 6.07) is 6.03. The maximum absolute atomic E-state index is 12.4. The molecular weight excluding hydrogens is 293 g/mol. The van der Waals surface area contributed by atoms with Crippen molar-refractivity contribution < 1.29 is 4.79 Å². The molecule has 2 nitrogen and oxygen atoms in total. The first kappa shape index (κ1) is 15.4. The maximum atomic E-state index is 12.4. The molecule has 1 aliphatic rings. The van der Waals surface area contributed by atoms with Gasteiger partial charge in [-0.05, 0) is 48.4 Å². The zero-order chi connectivity index (χ0) is 15.1. The molecule has 2 rings (SSSR count). The van der Waals surface area contributed by atoms with E-state index in [1.54, 1.807) is 6.08 Å². The standard InChI is InChI=1S/C16H19Cl2NO/c1-9-5-6-10(2)12(7-9)19-15(20)14-11(8-13(17)18)16(14,3)4/h5-8,11,14H,1-4H3,(H,19,20)/t11-,14+/m1/s1. The summed E-state index contributed by atoms with van der Waals surface area (Å²) in [5.41, 5.74) is 2.96. The number of halogens is 2. The Morgan fingerprint density at radius 3 is 2.55 bits per heavy atom. The molecule has 0 aromatic heterocycles. The third-order valence-corrected chi connectivity index (χ3v) is 4.40. The van der Waals surface area contributed by atoms with Crippen LogP contribution in [0.15, 0.2) is 28.8 Å². The zero-order valence-corrected chi connectivity index (χ0v) is 13.6. The Balaban J connectivity index is 2.14. The third-order valence-electron chi connectivity index (χ3n) is 4.15. The van der Waals surface area contributed by atoms with Crippen LogP contribution in [0.2, 0.25) is 0 Å². The Hall–Kier alpha value is -0.990. The van der Waals surface area contributed by atoms with E-state index in [1.165, 1.54) is 0 Å². The minimum Gasteiger partial charge on any atom is -0.326 e. The van der Waals surface area contributed by atoms with Crippen LogP contribution >= 0.6 is 23.2 Å². The van der Waals surface area contributed by atoms with Gasteiger partial charge < -0.3 is 5.32 Å². The summed E-state index contributed by atoms with van der Waals surface area (Å²) in [5, 5.41) is 3.02. The van der Waals surface area contributed by atoms with Crippen LogP contribution in [0.3, 0.4) is 0 Å². The number of aryl methyl sites for hydroxylation is 2. The van der Waals surface area contributed by atoms with Crippen LogP contribution in [0, 0.1) is 31.1 Å². The second-order valence-corrected chi connectivity index (χ2v) is 7.10. The van der Waals surface area contributed by atoms with Crippen molar-refractivity contribution in [3.8, 4) is 0 Å². The number of amides is 1. The van der Waals surface area contributed by atoms with E-state index in [0.29, 0.717) is 0 Å². The van der Waals surface area contributed by atoms with Gasteiger partial charge in [0.05, 0.1) is 5.92 Å². The van der Waals surface area contributed by atoms with Gasteiger partial charge in [0.15, 0.2) is 0 Å². The SMILES string of the molecule is Cc1ccc(C)c(NC(=O)[C@@H]2[C@@H](C=C(Cl)Cl)C2(C)C)c1. The van der Waals surface area contributed by atoms with Gasteiger partial charge in [0.2, 0.25) is 5.91 Å². The molecular formula is C16H19Cl2NO. The van der Waals surface area contributed by atoms with Gasteiger partial charge in [0.25, 0.3) is 0 Å². The maximum Gasteiger partial charge on any atom is 0.228 e. The molecule has 1 amide bonds. The number of anilines is 1. The van der Waals surface area contributed by atoms with Crippen LogP contribution in [0.5, 0.6) is 0 Å². The quantitative estimate of drug-likeness (QED) is 0.850. The lowest BCUT2D eigenvalue weighted by Gasteiger charge is -2.10. The monoisotopic (exact) mass is 311 g/mol. The Morgan fingerprint density at radius 1 is 1.30 bits per heavy atom. The fraction of sp³-hybridized carbons (Fsp3) is 0.438. The van der Waals surface area contributed by atoms with E-state index in [0.717, 1.165) is 16.8 Å². The minimum absolute atomic E-state index is 0.0273. The molecule has 0 radical (unpaired) electrons. The summed E-state index contributed by atoms with van der Waals surface area (Å²) in [7, 11) is 0. The highest BCUT2D eigenvalue weighted by Gasteiger charge is 2.60. The molecule has 1 aromatic rings. The lowest BCUT2D eigenvalue weighted by molar-refractivity contribution is -0.118. The number of carbonyl (C=O) groups is 1. The summed E-state index contributed by atoms with van der Waals surface area (Å²) in [4.78, 5) is 12.4. The van der Waals surface area contributed by atoms with Gasteiger partial charge >= 0.3 is 0 Å². The molecule has 20 heavy (non-hydrogen) atoms. The highest BCUT2D eigenvalue weighted by Crippen LogP contribution is 2.60. The summed E-state index contributed by atoms with van der Waals surface area (Å²) in [6.07, 6.45) is 1.76. The van der Waals surface area contributed by atoms with Crippen molar-refractivity contribution in [2.45, 2.75) is 27.7 Å². The Morgan fingerprint density at radius 2 is 1.95 bits per heavy atom. The van der Waals surface area contributed by atoms with Crippen molar-refractivity contribution in [2.75, 3.05) is 5.32 Å². The van der Waals surface area contributed by atoms with Gasteiger partial charge in [-0.2, -0.15) is 0 Å². The van der Waals surface area contributed by atoms with Crippen molar-refractivity contribution in [3.05, 3.63) is 39.9 Å². The fourth-order valence-corrected chi connectivity index (χ4v) is 2.98. The Kier molecular flexibility index (Phi) is 4.17. The van der Waals surface area contributed by atoms with Gasteiger partial charge in [-0.15, -0.1) is 0 Å². The molecule has 1 aromatic carbocycles. The van der Waals surface area contributed by atoms with Crippen LogP contribution in [-0.2, 0) is 4.79 Å². The highest BCUT2D eigenvalue weighted by molar-refractivity contribution is 6.55. The van der Waals surface area contributed by atoms with E-state index in [2.05, 4.69) is 19.2 Å². The van der Waals surface area contributed by atoms with Crippen LogP contribution in [0.25, 0.3) is 0 Å². The molecule has 1 aliphatic carbocycles. The zero-order valence-electron chi connectivity index (χ0n) is 12.1. The molecule has 0 saturated heterocycles. The van der Waals surface area contributed by atoms with Crippen molar-refractivity contribution in [3.63, 3.8) is 0 Å². The van der Waals surface area contributed by atoms with E-state index in [-0.39, 0.29) is 27.6 Å². The number of carbonyl (C=O) groups excluding carboxylic acids is 1. The molecule has 4 heteroatoms. The molecule has 2 atom stereocenters. The molecule has 0 unspecified atom stereocenters. The lowest BCUT2D eigenvalue weighted by atomic mass is 10.1. The van der Waals surface area contributed by atoms with Crippen LogP contribution in [-0.4, -0.2) is 5.91 Å². The smallest absolute Gasteiger partial charge is 0.228 e. The number of hydrogen-bond donors (Lipinski definition) is 1. The summed E-state index contributed by atoms with van der Waals surface area (Å²) >= 11 is 11.4. The summed E-state index contributed by atoms with van der Waals surface area (Å²) in [5.74, 6) is 0.0343. The van der Waals surface area contributed by atoms with E-state index >= 15 is 0 Å². The summed E-state index contributed by atoms with van der Waals surface area (Å²) < 4.78 is 0.227. The average molecular weight is 312 g/mol. The van der Waals surface area contributed by atoms with Crippen molar-refractivity contribution in [1.29, 1.82) is 0 Å². The number of nitrogens with one attached hydrogen (secondary N) is 1. The Labute approximate surface area is 130 Å².